The summed E-state index contributed by atoms with van der Waals surface area (Å²) in [6.45, 7) is 4.65. The number of rotatable bonds is 6. The lowest BCUT2D eigenvalue weighted by atomic mass is 9.96. The maximum absolute atomic E-state index is 12.5. The molecule has 2 fully saturated rings. The van der Waals surface area contributed by atoms with Crippen LogP contribution < -0.4 is 15.1 Å². The summed E-state index contributed by atoms with van der Waals surface area (Å²) >= 11 is 1.75. The zero-order valence-corrected chi connectivity index (χ0v) is 17.2. The summed E-state index contributed by atoms with van der Waals surface area (Å²) in [6, 6.07) is 6.29. The average molecular weight is 400 g/mol. The highest BCUT2D eigenvalue weighted by Gasteiger charge is 2.26. The number of piperidine rings is 2. The normalized spacial score (nSPS) is 18.3. The molecule has 7 heteroatoms. The minimum Gasteiger partial charge on any atom is -0.356 e. The third-order valence-electron chi connectivity index (χ3n) is 5.76. The second kappa shape index (κ2) is 9.37. The van der Waals surface area contributed by atoms with Crippen molar-refractivity contribution in [3.63, 3.8) is 0 Å². The fourth-order valence-electron chi connectivity index (χ4n) is 4.08. The van der Waals surface area contributed by atoms with E-state index in [1.807, 2.05) is 0 Å². The first-order valence-electron chi connectivity index (χ1n) is 10.4. The van der Waals surface area contributed by atoms with E-state index in [0.29, 0.717) is 0 Å². The van der Waals surface area contributed by atoms with Crippen LogP contribution in [0.3, 0.4) is 0 Å². The van der Waals surface area contributed by atoms with Crippen LogP contribution in [0.2, 0.25) is 0 Å². The molecule has 2 aromatic rings. The number of carbonyl (C=O) groups is 1. The summed E-state index contributed by atoms with van der Waals surface area (Å²) in [5, 5.41) is 5.19. The molecule has 2 aromatic heterocycles. The van der Waals surface area contributed by atoms with E-state index < -0.39 is 0 Å². The predicted molar refractivity (Wildman–Crippen MR) is 114 cm³/mol. The Kier molecular flexibility index (Phi) is 6.41. The number of aromatic nitrogens is 2. The second-order valence-corrected chi connectivity index (χ2v) is 8.70. The first-order valence-corrected chi connectivity index (χ1v) is 11.3. The van der Waals surface area contributed by atoms with E-state index in [0.717, 1.165) is 63.6 Å². The van der Waals surface area contributed by atoms with Gasteiger partial charge < -0.3 is 15.1 Å². The van der Waals surface area contributed by atoms with Crippen LogP contribution in [-0.4, -0.2) is 48.6 Å². The molecule has 0 unspecified atom stereocenters. The van der Waals surface area contributed by atoms with E-state index in [1.165, 1.54) is 24.1 Å². The highest BCUT2D eigenvalue weighted by Crippen LogP contribution is 2.25. The molecule has 28 heavy (non-hydrogen) atoms. The molecule has 6 nitrogen and oxygen atoms in total. The Bertz CT molecular complexity index is 752. The molecule has 2 saturated heterocycles. The summed E-state index contributed by atoms with van der Waals surface area (Å²) in [4.78, 5) is 27.4. The molecule has 0 aliphatic carbocycles. The van der Waals surface area contributed by atoms with Crippen LogP contribution in [0.25, 0.3) is 0 Å². The van der Waals surface area contributed by atoms with Gasteiger partial charge in [0, 0.05) is 49.6 Å². The lowest BCUT2D eigenvalue weighted by Crippen LogP contribution is -2.41. The summed E-state index contributed by atoms with van der Waals surface area (Å²) in [6.07, 6.45) is 8.17. The Hall–Kier alpha value is -2.15. The van der Waals surface area contributed by atoms with E-state index in [-0.39, 0.29) is 11.8 Å². The first kappa shape index (κ1) is 19.2. The highest BCUT2D eigenvalue weighted by atomic mass is 32.1. The van der Waals surface area contributed by atoms with Crippen molar-refractivity contribution in [2.45, 2.75) is 38.5 Å². The van der Waals surface area contributed by atoms with Crippen molar-refractivity contribution in [3.05, 3.63) is 34.8 Å². The summed E-state index contributed by atoms with van der Waals surface area (Å²) in [7, 11) is 0. The van der Waals surface area contributed by atoms with Gasteiger partial charge >= 0.3 is 0 Å². The quantitative estimate of drug-likeness (QED) is 0.809. The molecule has 1 amide bonds. The van der Waals surface area contributed by atoms with E-state index in [1.54, 1.807) is 17.7 Å². The van der Waals surface area contributed by atoms with Crippen molar-refractivity contribution in [3.8, 4) is 0 Å². The van der Waals surface area contributed by atoms with Crippen molar-refractivity contribution in [2.24, 2.45) is 5.92 Å². The smallest absolute Gasteiger partial charge is 0.223 e. The Labute approximate surface area is 171 Å². The largest absolute Gasteiger partial charge is 0.356 e. The Morgan fingerprint density at radius 1 is 1.07 bits per heavy atom. The number of anilines is 2. The molecule has 4 rings (SSSR count). The van der Waals surface area contributed by atoms with Gasteiger partial charge in [0.2, 0.25) is 5.91 Å². The fourth-order valence-corrected chi connectivity index (χ4v) is 4.79. The van der Waals surface area contributed by atoms with E-state index in [4.69, 9.17) is 0 Å². The molecule has 0 aromatic carbocycles. The number of hydrogen-bond acceptors (Lipinski definition) is 6. The molecule has 1 N–H and O–H groups in total. The Morgan fingerprint density at radius 3 is 2.46 bits per heavy atom. The summed E-state index contributed by atoms with van der Waals surface area (Å²) < 4.78 is 0. The van der Waals surface area contributed by atoms with Crippen molar-refractivity contribution in [2.75, 3.05) is 42.5 Å². The number of amides is 1. The number of hydrogen-bond donors (Lipinski definition) is 1. The Morgan fingerprint density at radius 2 is 1.79 bits per heavy atom. The van der Waals surface area contributed by atoms with Gasteiger partial charge in [-0.05, 0) is 50.0 Å². The third kappa shape index (κ3) is 4.82. The fraction of sp³-hybridized carbons (Fsp3) is 0.571. The van der Waals surface area contributed by atoms with Crippen LogP contribution >= 0.6 is 11.3 Å². The van der Waals surface area contributed by atoms with Crippen molar-refractivity contribution < 1.29 is 4.79 Å². The van der Waals surface area contributed by atoms with Gasteiger partial charge in [0.1, 0.15) is 18.0 Å². The topological polar surface area (TPSA) is 61.4 Å². The van der Waals surface area contributed by atoms with E-state index in [9.17, 15) is 4.79 Å². The zero-order valence-electron chi connectivity index (χ0n) is 16.3. The van der Waals surface area contributed by atoms with Crippen molar-refractivity contribution in [1.29, 1.82) is 0 Å². The molecule has 4 heterocycles. The molecule has 0 bridgehead atoms. The van der Waals surface area contributed by atoms with Gasteiger partial charge in [-0.15, -0.1) is 11.3 Å². The number of thiophene rings is 1. The number of carbonyl (C=O) groups excluding carboxylic acids is 1. The third-order valence-corrected chi connectivity index (χ3v) is 6.69. The standard InChI is InChI=1S/C21H29N5OS/c27-21(22-9-6-18-5-4-14-28-18)17-7-12-26(13-8-17)20-15-19(23-16-24-20)25-10-2-1-3-11-25/h4-5,14-17H,1-3,6-13H2,(H,22,27). The van der Waals surface area contributed by atoms with Gasteiger partial charge in [0.05, 0.1) is 0 Å². The van der Waals surface area contributed by atoms with Gasteiger partial charge in [0.15, 0.2) is 0 Å². The van der Waals surface area contributed by atoms with Crippen LogP contribution in [0.4, 0.5) is 11.6 Å². The Balaban J connectivity index is 1.26. The highest BCUT2D eigenvalue weighted by molar-refractivity contribution is 7.09. The van der Waals surface area contributed by atoms with Gasteiger partial charge in [-0.2, -0.15) is 0 Å². The predicted octanol–water partition coefficient (Wildman–Crippen LogP) is 3.10. The monoisotopic (exact) mass is 399 g/mol. The van der Waals surface area contributed by atoms with Crippen molar-refractivity contribution in [1.82, 2.24) is 15.3 Å². The molecular formula is C21H29N5OS. The SMILES string of the molecule is O=C(NCCc1cccs1)C1CCN(c2cc(N3CCCCC3)ncn2)CC1. The summed E-state index contributed by atoms with van der Waals surface area (Å²) in [5.41, 5.74) is 0. The minimum absolute atomic E-state index is 0.114. The van der Waals surface area contributed by atoms with Gasteiger partial charge in [-0.25, -0.2) is 9.97 Å². The lowest BCUT2D eigenvalue weighted by molar-refractivity contribution is -0.125. The van der Waals surface area contributed by atoms with Gasteiger partial charge in [-0.3, -0.25) is 4.79 Å². The van der Waals surface area contributed by atoms with Crippen LogP contribution in [0.5, 0.6) is 0 Å². The van der Waals surface area contributed by atoms with Gasteiger partial charge in [-0.1, -0.05) is 6.07 Å². The molecule has 2 aliphatic rings. The lowest BCUT2D eigenvalue weighted by Gasteiger charge is -2.33. The first-order chi connectivity index (χ1) is 13.8. The molecule has 0 atom stereocenters. The minimum atomic E-state index is 0.114. The van der Waals surface area contributed by atoms with Crippen LogP contribution in [-0.2, 0) is 11.2 Å². The number of nitrogens with one attached hydrogen (secondary N) is 1. The molecule has 2 aliphatic heterocycles. The van der Waals surface area contributed by atoms with Crippen LogP contribution in [0, 0.1) is 5.92 Å². The molecule has 150 valence electrons. The zero-order chi connectivity index (χ0) is 19.2. The van der Waals surface area contributed by atoms with E-state index in [2.05, 4.69) is 48.7 Å². The maximum Gasteiger partial charge on any atom is 0.223 e. The number of nitrogens with zero attached hydrogens (tertiary/aromatic N) is 4. The van der Waals surface area contributed by atoms with Crippen molar-refractivity contribution >= 4 is 28.9 Å². The molecular weight excluding hydrogens is 370 g/mol. The van der Waals surface area contributed by atoms with Gasteiger partial charge in [0.25, 0.3) is 0 Å². The van der Waals surface area contributed by atoms with Crippen LogP contribution in [0.1, 0.15) is 37.0 Å². The van der Waals surface area contributed by atoms with Crippen LogP contribution in [0.15, 0.2) is 29.9 Å². The molecule has 0 saturated carbocycles. The molecule has 0 spiro atoms. The second-order valence-electron chi connectivity index (χ2n) is 7.66. The molecule has 0 radical (unpaired) electrons. The maximum atomic E-state index is 12.5. The van der Waals surface area contributed by atoms with E-state index >= 15 is 0 Å². The summed E-state index contributed by atoms with van der Waals surface area (Å²) in [5.74, 6) is 2.35. The average Bonchev–Trinajstić information content (AvgIpc) is 3.28.